The first-order chi connectivity index (χ1) is 13.5. The van der Waals surface area contributed by atoms with Crippen LogP contribution in [0.25, 0.3) is 22.6 Å². The Morgan fingerprint density at radius 2 is 1.93 bits per heavy atom. The first-order valence-electron chi connectivity index (χ1n) is 9.05. The van der Waals surface area contributed by atoms with Crippen molar-refractivity contribution in [3.8, 4) is 11.4 Å². The van der Waals surface area contributed by atoms with E-state index in [4.69, 9.17) is 28.9 Å². The van der Waals surface area contributed by atoms with Crippen LogP contribution in [-0.4, -0.2) is 26.9 Å². The average molecular weight is 414 g/mol. The molecule has 2 heterocycles. The Kier molecular flexibility index (Phi) is 4.07. The Bertz CT molecular complexity index is 1110. The van der Waals surface area contributed by atoms with E-state index in [1.165, 1.54) is 0 Å². The number of hydrogen-bond donors (Lipinski definition) is 3. The lowest BCUT2D eigenvalue weighted by atomic mass is 9.88. The summed E-state index contributed by atoms with van der Waals surface area (Å²) in [6.07, 6.45) is 6.74. The molecule has 5 rings (SSSR count). The lowest BCUT2D eigenvalue weighted by Gasteiger charge is -2.28. The summed E-state index contributed by atoms with van der Waals surface area (Å²) >= 11 is 12.4. The van der Waals surface area contributed by atoms with Gasteiger partial charge in [-0.3, -0.25) is 4.79 Å². The van der Waals surface area contributed by atoms with Crippen molar-refractivity contribution in [1.82, 2.24) is 15.0 Å². The topological polar surface area (TPSA) is 96.7 Å². The summed E-state index contributed by atoms with van der Waals surface area (Å²) in [5.74, 6) is 0.557. The molecule has 0 saturated heterocycles. The number of halogens is 2. The SMILES string of the molecule is NC(=O)[C@@H]1[C@H](Nc2c(Cl)cnc3nc(-c4ccc(Cl)cc4)[nH]c23)[C@H]2C=C[C@@H]1C2. The second-order valence-corrected chi connectivity index (χ2v) is 8.16. The number of hydrogen-bond acceptors (Lipinski definition) is 4. The Morgan fingerprint density at radius 1 is 1.18 bits per heavy atom. The van der Waals surface area contributed by atoms with E-state index in [9.17, 15) is 4.79 Å². The summed E-state index contributed by atoms with van der Waals surface area (Å²) in [4.78, 5) is 24.2. The number of nitrogens with two attached hydrogens (primary N) is 1. The van der Waals surface area contributed by atoms with Crippen molar-refractivity contribution in [2.75, 3.05) is 5.32 Å². The molecule has 1 saturated carbocycles. The molecule has 2 bridgehead atoms. The fraction of sp³-hybridized carbons (Fsp3) is 0.250. The van der Waals surface area contributed by atoms with E-state index in [0.717, 1.165) is 12.0 Å². The van der Waals surface area contributed by atoms with E-state index in [-0.39, 0.29) is 29.7 Å². The van der Waals surface area contributed by atoms with E-state index < -0.39 is 0 Å². The van der Waals surface area contributed by atoms with Crippen molar-refractivity contribution in [2.45, 2.75) is 12.5 Å². The average Bonchev–Trinajstić information content (AvgIpc) is 3.38. The summed E-state index contributed by atoms with van der Waals surface area (Å²) < 4.78 is 0. The molecule has 8 heteroatoms. The minimum Gasteiger partial charge on any atom is -0.378 e. The molecule has 2 aromatic heterocycles. The summed E-state index contributed by atoms with van der Waals surface area (Å²) in [7, 11) is 0. The van der Waals surface area contributed by atoms with Gasteiger partial charge in [-0.1, -0.05) is 35.4 Å². The number of fused-ring (bicyclic) bond motifs is 3. The van der Waals surface area contributed by atoms with Gasteiger partial charge >= 0.3 is 0 Å². The van der Waals surface area contributed by atoms with Gasteiger partial charge in [-0.15, -0.1) is 0 Å². The van der Waals surface area contributed by atoms with Crippen LogP contribution in [0.4, 0.5) is 5.69 Å². The molecule has 0 aliphatic heterocycles. The molecule has 4 N–H and O–H groups in total. The van der Waals surface area contributed by atoms with Crippen LogP contribution in [-0.2, 0) is 4.79 Å². The first kappa shape index (κ1) is 17.5. The molecule has 1 fully saturated rings. The normalized spacial score (nSPS) is 25.5. The zero-order valence-corrected chi connectivity index (χ0v) is 16.2. The highest BCUT2D eigenvalue weighted by Gasteiger charge is 2.47. The molecule has 0 unspecified atom stereocenters. The number of pyridine rings is 1. The molecule has 2 aliphatic carbocycles. The van der Waals surface area contributed by atoms with Gasteiger partial charge in [-0.2, -0.15) is 0 Å². The van der Waals surface area contributed by atoms with Crippen LogP contribution in [0, 0.1) is 17.8 Å². The van der Waals surface area contributed by atoms with Crippen molar-refractivity contribution in [3.05, 3.63) is 52.7 Å². The predicted molar refractivity (Wildman–Crippen MR) is 110 cm³/mol. The second kappa shape index (κ2) is 6.50. The van der Waals surface area contributed by atoms with E-state index in [0.29, 0.717) is 32.7 Å². The van der Waals surface area contributed by atoms with Crippen molar-refractivity contribution in [3.63, 3.8) is 0 Å². The van der Waals surface area contributed by atoms with Gasteiger partial charge in [0.25, 0.3) is 0 Å². The Hall–Kier alpha value is -2.57. The minimum atomic E-state index is -0.290. The van der Waals surface area contributed by atoms with E-state index in [1.807, 2.05) is 24.3 Å². The molecule has 142 valence electrons. The fourth-order valence-electron chi connectivity index (χ4n) is 4.39. The van der Waals surface area contributed by atoms with Crippen LogP contribution < -0.4 is 11.1 Å². The number of H-pyrrole nitrogens is 1. The number of anilines is 1. The molecule has 1 aromatic carbocycles. The summed E-state index contributed by atoms with van der Waals surface area (Å²) in [6, 6.07) is 7.29. The Balaban J connectivity index is 1.56. The van der Waals surface area contributed by atoms with Crippen LogP contribution in [0.15, 0.2) is 42.6 Å². The van der Waals surface area contributed by atoms with Gasteiger partial charge in [0.05, 0.1) is 22.8 Å². The van der Waals surface area contributed by atoms with Crippen LogP contribution >= 0.6 is 23.2 Å². The van der Waals surface area contributed by atoms with Gasteiger partial charge in [0, 0.05) is 16.6 Å². The quantitative estimate of drug-likeness (QED) is 0.562. The zero-order valence-electron chi connectivity index (χ0n) is 14.7. The van der Waals surface area contributed by atoms with Crippen LogP contribution in [0.1, 0.15) is 6.42 Å². The number of carbonyl (C=O) groups excluding carboxylic acids is 1. The lowest BCUT2D eigenvalue weighted by molar-refractivity contribution is -0.122. The zero-order chi connectivity index (χ0) is 19.4. The van der Waals surface area contributed by atoms with Crippen molar-refractivity contribution >= 4 is 46.0 Å². The largest absolute Gasteiger partial charge is 0.378 e. The maximum absolute atomic E-state index is 12.0. The highest BCUT2D eigenvalue weighted by Crippen LogP contribution is 2.46. The van der Waals surface area contributed by atoms with Crippen molar-refractivity contribution in [1.29, 1.82) is 0 Å². The van der Waals surface area contributed by atoms with Gasteiger partial charge in [0.1, 0.15) is 11.3 Å². The molecule has 0 spiro atoms. The second-order valence-electron chi connectivity index (χ2n) is 7.32. The molecular weight excluding hydrogens is 397 g/mol. The molecular formula is C20H17Cl2N5O. The molecule has 0 radical (unpaired) electrons. The summed E-state index contributed by atoms with van der Waals surface area (Å²) in [6.45, 7) is 0. The predicted octanol–water partition coefficient (Wildman–Crippen LogP) is 4.02. The lowest BCUT2D eigenvalue weighted by Crippen LogP contribution is -2.41. The van der Waals surface area contributed by atoms with Gasteiger partial charge < -0.3 is 16.0 Å². The first-order valence-corrected chi connectivity index (χ1v) is 9.81. The number of aromatic amines is 1. The van der Waals surface area contributed by atoms with Gasteiger partial charge in [0.2, 0.25) is 5.91 Å². The molecule has 1 amide bonds. The number of benzene rings is 1. The summed E-state index contributed by atoms with van der Waals surface area (Å²) in [5.41, 5.74) is 8.51. The van der Waals surface area contributed by atoms with Gasteiger partial charge in [0.15, 0.2) is 5.65 Å². The smallest absolute Gasteiger partial charge is 0.223 e. The van der Waals surface area contributed by atoms with Gasteiger partial charge in [-0.05, 0) is 42.5 Å². The maximum Gasteiger partial charge on any atom is 0.223 e. The number of imidazole rings is 1. The fourth-order valence-corrected chi connectivity index (χ4v) is 4.72. The monoisotopic (exact) mass is 413 g/mol. The van der Waals surface area contributed by atoms with Crippen LogP contribution in [0.2, 0.25) is 10.0 Å². The number of carbonyl (C=O) groups is 1. The number of nitrogens with zero attached hydrogens (tertiary/aromatic N) is 2. The number of primary amides is 1. The Morgan fingerprint density at radius 3 is 2.68 bits per heavy atom. The molecule has 6 nitrogen and oxygen atoms in total. The van der Waals surface area contributed by atoms with Gasteiger partial charge in [-0.25, -0.2) is 9.97 Å². The number of aromatic nitrogens is 3. The van der Waals surface area contributed by atoms with Crippen LogP contribution in [0.5, 0.6) is 0 Å². The van der Waals surface area contributed by atoms with Crippen molar-refractivity contribution < 1.29 is 4.79 Å². The van der Waals surface area contributed by atoms with E-state index in [2.05, 4.69) is 32.4 Å². The third kappa shape index (κ3) is 2.75. The van der Waals surface area contributed by atoms with Crippen LogP contribution in [0.3, 0.4) is 0 Å². The number of amides is 1. The minimum absolute atomic E-state index is 0.0992. The van der Waals surface area contributed by atoms with Crippen molar-refractivity contribution in [2.24, 2.45) is 23.5 Å². The molecule has 2 aliphatic rings. The van der Waals surface area contributed by atoms with E-state index >= 15 is 0 Å². The molecule has 4 atom stereocenters. The molecule has 28 heavy (non-hydrogen) atoms. The standard InChI is InChI=1S/C20H17Cl2N5O/c21-12-5-3-9(4-6-12)19-26-17-16(13(22)8-24-20(17)27-19)25-15-11-2-1-10(7-11)14(15)18(23)28/h1-6,8,10-11,14-15H,7H2,(H2,23,28)(H2,24,25,26,27)/t10-,11+,14+,15-/m1/s1. The highest BCUT2D eigenvalue weighted by atomic mass is 35.5. The molecule has 3 aromatic rings. The number of allylic oxidation sites excluding steroid dienone is 1. The number of nitrogens with one attached hydrogen (secondary N) is 2. The highest BCUT2D eigenvalue weighted by molar-refractivity contribution is 6.34. The summed E-state index contributed by atoms with van der Waals surface area (Å²) in [5, 5.41) is 4.60. The van der Waals surface area contributed by atoms with E-state index in [1.54, 1.807) is 6.20 Å². The Labute approximate surface area is 171 Å². The third-order valence-corrected chi connectivity index (χ3v) is 6.23. The number of rotatable bonds is 4. The third-order valence-electron chi connectivity index (χ3n) is 5.69. The maximum atomic E-state index is 12.0.